The number of nitrogens with zero attached hydrogens (tertiary/aromatic N) is 2. The van der Waals surface area contributed by atoms with Gasteiger partial charge >= 0.3 is 11.9 Å². The highest BCUT2D eigenvalue weighted by Crippen LogP contribution is 2.21. The quantitative estimate of drug-likeness (QED) is 0.453. The molecule has 0 aliphatic rings. The average Bonchev–Trinajstić information content (AvgIpc) is 3.27. The molecule has 8 nitrogen and oxygen atoms in total. The van der Waals surface area contributed by atoms with Gasteiger partial charge in [0.05, 0.1) is 6.33 Å². The van der Waals surface area contributed by atoms with Crippen LogP contribution in [0, 0.1) is 0 Å². The average molecular weight is 369 g/mol. The minimum Gasteiger partial charge on any atom is -0.478 e. The lowest BCUT2D eigenvalue weighted by atomic mass is 10.1. The summed E-state index contributed by atoms with van der Waals surface area (Å²) in [5, 5.41) is 16.7. The maximum Gasteiger partial charge on any atom is 0.328 e. The summed E-state index contributed by atoms with van der Waals surface area (Å²) in [5.41, 5.74) is 2.89. The Bertz CT molecular complexity index is 955. The number of para-hydroxylation sites is 1. The Balaban J connectivity index is 0.000000279. The summed E-state index contributed by atoms with van der Waals surface area (Å²) in [5.74, 6) is -2.34. The number of carboxylic acid groups (broad SMARTS) is 2. The molecule has 0 aliphatic heterocycles. The Morgan fingerprint density at radius 1 is 1.15 bits per heavy atom. The summed E-state index contributed by atoms with van der Waals surface area (Å²) in [4.78, 5) is 38.4. The number of hydrogen-bond donors (Lipinski definition) is 3. The van der Waals surface area contributed by atoms with Crippen LogP contribution in [0.1, 0.15) is 22.5 Å². The molecule has 3 N–H and O–H groups in total. The first kappa shape index (κ1) is 19.6. The molecular formula is C19H19N3O5. The van der Waals surface area contributed by atoms with Crippen molar-refractivity contribution in [2.45, 2.75) is 12.8 Å². The smallest absolute Gasteiger partial charge is 0.328 e. The van der Waals surface area contributed by atoms with Crippen molar-refractivity contribution in [2.24, 2.45) is 7.05 Å². The monoisotopic (exact) mass is 369 g/mol. The summed E-state index contributed by atoms with van der Waals surface area (Å²) < 4.78 is 2.00. The van der Waals surface area contributed by atoms with Crippen LogP contribution in [-0.4, -0.2) is 42.5 Å². The molecule has 0 saturated carbocycles. The predicted octanol–water partition coefficient (Wildman–Crippen LogP) is 2.43. The fraction of sp³-hybridized carbons (Fsp3) is 0.158. The molecule has 0 bridgehead atoms. The van der Waals surface area contributed by atoms with Crippen LogP contribution in [0.3, 0.4) is 0 Å². The zero-order valence-electron chi connectivity index (χ0n) is 14.6. The number of aryl methyl sites for hydroxylation is 2. The van der Waals surface area contributed by atoms with Gasteiger partial charge in [0, 0.05) is 60.2 Å². The number of hydrogen-bond acceptors (Lipinski definition) is 4. The number of carbonyl (C=O) groups is 3. The van der Waals surface area contributed by atoms with Gasteiger partial charge in [-0.2, -0.15) is 0 Å². The number of carbonyl (C=O) groups excluding carboxylic acids is 1. The molecule has 140 valence electrons. The molecule has 0 spiro atoms. The fourth-order valence-electron chi connectivity index (χ4n) is 2.51. The van der Waals surface area contributed by atoms with Crippen LogP contribution in [0.4, 0.5) is 0 Å². The first-order valence-corrected chi connectivity index (χ1v) is 8.07. The van der Waals surface area contributed by atoms with E-state index in [9.17, 15) is 14.4 Å². The minimum absolute atomic E-state index is 0.173. The molecule has 0 atom stereocenters. The zero-order valence-corrected chi connectivity index (χ0v) is 14.6. The second-order valence-corrected chi connectivity index (χ2v) is 5.68. The number of nitrogens with one attached hydrogen (secondary N) is 1. The molecule has 0 unspecified atom stereocenters. The van der Waals surface area contributed by atoms with Crippen molar-refractivity contribution in [3.63, 3.8) is 0 Å². The maximum absolute atomic E-state index is 12.3. The van der Waals surface area contributed by atoms with E-state index in [1.54, 1.807) is 12.5 Å². The summed E-state index contributed by atoms with van der Waals surface area (Å²) in [6, 6.07) is 7.98. The molecule has 2 heterocycles. The van der Waals surface area contributed by atoms with Gasteiger partial charge in [-0.05, 0) is 12.5 Å². The molecule has 27 heavy (non-hydrogen) atoms. The number of benzene rings is 1. The van der Waals surface area contributed by atoms with Crippen LogP contribution >= 0.6 is 0 Å². The lowest BCUT2D eigenvalue weighted by Crippen LogP contribution is -2.00. The van der Waals surface area contributed by atoms with Crippen molar-refractivity contribution >= 4 is 28.6 Å². The third-order valence-electron chi connectivity index (χ3n) is 3.74. The second kappa shape index (κ2) is 9.14. The van der Waals surface area contributed by atoms with Gasteiger partial charge in [-0.1, -0.05) is 18.2 Å². The van der Waals surface area contributed by atoms with Gasteiger partial charge in [-0.25, -0.2) is 14.6 Å². The molecule has 0 aliphatic carbocycles. The fourth-order valence-corrected chi connectivity index (χ4v) is 2.51. The Kier molecular flexibility index (Phi) is 6.65. The van der Waals surface area contributed by atoms with Gasteiger partial charge in [0.15, 0.2) is 5.78 Å². The number of carboxylic acids is 2. The maximum atomic E-state index is 12.3. The largest absolute Gasteiger partial charge is 0.478 e. The number of imidazole rings is 1. The Hall–Kier alpha value is -3.68. The number of fused-ring (bicyclic) bond motifs is 1. The van der Waals surface area contributed by atoms with Gasteiger partial charge in [0.2, 0.25) is 0 Å². The lowest BCUT2D eigenvalue weighted by Gasteiger charge is -1.98. The van der Waals surface area contributed by atoms with E-state index in [-0.39, 0.29) is 5.78 Å². The van der Waals surface area contributed by atoms with Crippen molar-refractivity contribution in [2.75, 3.05) is 0 Å². The molecule has 0 fully saturated rings. The molecule has 8 heteroatoms. The Morgan fingerprint density at radius 2 is 1.81 bits per heavy atom. The van der Waals surface area contributed by atoms with Crippen LogP contribution in [0.5, 0.6) is 0 Å². The van der Waals surface area contributed by atoms with E-state index in [2.05, 4.69) is 9.97 Å². The normalized spacial score (nSPS) is 10.6. The number of ketones is 1. The molecule has 0 amide bonds. The van der Waals surface area contributed by atoms with Crippen LogP contribution in [0.25, 0.3) is 10.9 Å². The molecule has 2 aromatic heterocycles. The summed E-state index contributed by atoms with van der Waals surface area (Å²) in [6.45, 7) is 0. The molecule has 3 rings (SSSR count). The standard InChI is InChI=1S/C15H15N3O.C4H4O4/c1-18-9-13(12-4-2-3-5-14(12)18)15(19)7-6-11-8-16-10-17-11;5-3(6)1-2-4(7)8/h2-5,8-10H,6-7H2,1H3,(H,16,17);1-2H,(H,5,6)(H,7,8)/b;2-1-. The topological polar surface area (TPSA) is 125 Å². The number of aromatic amines is 1. The van der Waals surface area contributed by atoms with Gasteiger partial charge in [0.25, 0.3) is 0 Å². The highest BCUT2D eigenvalue weighted by Gasteiger charge is 2.13. The summed E-state index contributed by atoms with van der Waals surface area (Å²) >= 11 is 0. The molecular weight excluding hydrogens is 350 g/mol. The molecule has 0 saturated heterocycles. The van der Waals surface area contributed by atoms with Gasteiger partial charge in [-0.3, -0.25) is 4.79 Å². The summed E-state index contributed by atoms with van der Waals surface area (Å²) in [6.07, 6.45) is 7.62. The van der Waals surface area contributed by atoms with Crippen molar-refractivity contribution in [3.05, 3.63) is 66.4 Å². The summed E-state index contributed by atoms with van der Waals surface area (Å²) in [7, 11) is 1.97. The van der Waals surface area contributed by atoms with E-state index in [1.165, 1.54) is 0 Å². The van der Waals surface area contributed by atoms with Crippen molar-refractivity contribution in [3.8, 4) is 0 Å². The van der Waals surface area contributed by atoms with Crippen molar-refractivity contribution < 1.29 is 24.6 Å². The van der Waals surface area contributed by atoms with E-state index < -0.39 is 11.9 Å². The number of Topliss-reactive ketones (excluding diaryl/α,β-unsaturated/α-hetero) is 1. The predicted molar refractivity (Wildman–Crippen MR) is 98.6 cm³/mol. The minimum atomic E-state index is -1.26. The first-order valence-electron chi connectivity index (χ1n) is 8.07. The van der Waals surface area contributed by atoms with Crippen molar-refractivity contribution in [1.82, 2.24) is 14.5 Å². The van der Waals surface area contributed by atoms with E-state index in [0.29, 0.717) is 25.0 Å². The molecule has 3 aromatic rings. The number of rotatable bonds is 6. The van der Waals surface area contributed by atoms with Gasteiger partial charge in [0.1, 0.15) is 0 Å². The van der Waals surface area contributed by atoms with Gasteiger partial charge in [-0.15, -0.1) is 0 Å². The Labute approximate surface area is 154 Å². The van der Waals surface area contributed by atoms with E-state index in [4.69, 9.17) is 10.2 Å². The number of aromatic nitrogens is 3. The van der Waals surface area contributed by atoms with Crippen LogP contribution in [0.2, 0.25) is 0 Å². The highest BCUT2D eigenvalue weighted by molar-refractivity contribution is 6.08. The number of aliphatic carboxylic acids is 2. The van der Waals surface area contributed by atoms with Crippen molar-refractivity contribution in [1.29, 1.82) is 0 Å². The number of H-pyrrole nitrogens is 1. The third-order valence-corrected chi connectivity index (χ3v) is 3.74. The first-order chi connectivity index (χ1) is 12.9. The third kappa shape index (κ3) is 5.67. The molecule has 1 aromatic carbocycles. The Morgan fingerprint density at radius 3 is 2.41 bits per heavy atom. The highest BCUT2D eigenvalue weighted by atomic mass is 16.4. The van der Waals surface area contributed by atoms with E-state index in [0.717, 1.165) is 22.2 Å². The second-order valence-electron chi connectivity index (χ2n) is 5.68. The van der Waals surface area contributed by atoms with Gasteiger partial charge < -0.3 is 19.8 Å². The SMILES string of the molecule is Cn1cc(C(=O)CCc2cnc[nH]2)c2ccccc21.O=C(O)/C=C\C(=O)O. The van der Waals surface area contributed by atoms with Crippen LogP contribution in [0.15, 0.2) is 55.1 Å². The van der Waals surface area contributed by atoms with E-state index in [1.807, 2.05) is 42.1 Å². The molecule has 0 radical (unpaired) electrons. The van der Waals surface area contributed by atoms with Crippen LogP contribution < -0.4 is 0 Å². The lowest BCUT2D eigenvalue weighted by molar-refractivity contribution is -0.134. The van der Waals surface area contributed by atoms with Crippen LogP contribution in [-0.2, 0) is 23.1 Å². The zero-order chi connectivity index (χ0) is 19.8. The van der Waals surface area contributed by atoms with E-state index >= 15 is 0 Å².